The normalized spacial score (nSPS) is 15.3. The molecular formula is C18H28N2O. The molecule has 0 aromatic heterocycles. The summed E-state index contributed by atoms with van der Waals surface area (Å²) < 4.78 is 0. The average molecular weight is 288 g/mol. The predicted octanol–water partition coefficient (Wildman–Crippen LogP) is 4.10. The Morgan fingerprint density at radius 1 is 1.24 bits per heavy atom. The fourth-order valence-electron chi connectivity index (χ4n) is 3.12. The molecule has 0 unspecified atom stereocenters. The molecule has 0 spiro atoms. The van der Waals surface area contributed by atoms with Crippen LogP contribution in [0.1, 0.15) is 57.4 Å². The van der Waals surface area contributed by atoms with Crippen LogP contribution in [-0.2, 0) is 11.3 Å². The topological polar surface area (TPSA) is 41.1 Å². The quantitative estimate of drug-likeness (QED) is 0.756. The maximum Gasteiger partial charge on any atom is 0.224 e. The zero-order valence-electron chi connectivity index (χ0n) is 13.2. The van der Waals surface area contributed by atoms with Crippen LogP contribution in [0.3, 0.4) is 0 Å². The van der Waals surface area contributed by atoms with E-state index in [0.717, 1.165) is 36.7 Å². The lowest BCUT2D eigenvalue weighted by Crippen LogP contribution is -2.17. The summed E-state index contributed by atoms with van der Waals surface area (Å²) in [4.78, 5) is 12.1. The van der Waals surface area contributed by atoms with Crippen LogP contribution in [0.4, 0.5) is 5.69 Å². The number of carbonyl (C=O) groups is 1. The molecular weight excluding hydrogens is 260 g/mol. The van der Waals surface area contributed by atoms with E-state index in [1.807, 2.05) is 18.2 Å². The molecule has 1 saturated carbocycles. The minimum Gasteiger partial charge on any atom is -0.326 e. The SMILES string of the molecule is CCNCc1ccccc1NC(=O)CCCC1CCCC1. The van der Waals surface area contributed by atoms with E-state index in [0.29, 0.717) is 6.42 Å². The van der Waals surface area contributed by atoms with Crippen molar-refractivity contribution in [1.29, 1.82) is 0 Å². The Labute approximate surface area is 128 Å². The van der Waals surface area contributed by atoms with Crippen molar-refractivity contribution >= 4 is 11.6 Å². The Kier molecular flexibility index (Phi) is 6.74. The van der Waals surface area contributed by atoms with Crippen molar-refractivity contribution < 1.29 is 4.79 Å². The number of hydrogen-bond donors (Lipinski definition) is 2. The fourth-order valence-corrected chi connectivity index (χ4v) is 3.12. The summed E-state index contributed by atoms with van der Waals surface area (Å²) in [5.74, 6) is 1.02. The van der Waals surface area contributed by atoms with E-state index in [9.17, 15) is 4.79 Å². The van der Waals surface area contributed by atoms with Crippen molar-refractivity contribution in [3.8, 4) is 0 Å². The maximum absolute atomic E-state index is 12.1. The third-order valence-corrected chi connectivity index (χ3v) is 4.35. The van der Waals surface area contributed by atoms with Gasteiger partial charge in [-0.25, -0.2) is 0 Å². The number of carbonyl (C=O) groups excluding carboxylic acids is 1. The lowest BCUT2D eigenvalue weighted by molar-refractivity contribution is -0.116. The highest BCUT2D eigenvalue weighted by atomic mass is 16.1. The van der Waals surface area contributed by atoms with Crippen LogP contribution in [0, 0.1) is 5.92 Å². The van der Waals surface area contributed by atoms with Gasteiger partial charge in [-0.1, -0.05) is 50.8 Å². The van der Waals surface area contributed by atoms with Gasteiger partial charge in [0.05, 0.1) is 0 Å². The van der Waals surface area contributed by atoms with Crippen LogP contribution in [0.25, 0.3) is 0 Å². The van der Waals surface area contributed by atoms with E-state index in [4.69, 9.17) is 0 Å². The highest BCUT2D eigenvalue weighted by Gasteiger charge is 2.15. The Morgan fingerprint density at radius 3 is 2.76 bits per heavy atom. The summed E-state index contributed by atoms with van der Waals surface area (Å²) in [5.41, 5.74) is 2.10. The van der Waals surface area contributed by atoms with E-state index in [1.165, 1.54) is 32.1 Å². The van der Waals surface area contributed by atoms with Gasteiger partial charge in [0.25, 0.3) is 0 Å². The molecule has 0 radical (unpaired) electrons. The molecule has 2 N–H and O–H groups in total. The van der Waals surface area contributed by atoms with Crippen LogP contribution in [0.5, 0.6) is 0 Å². The summed E-state index contributed by atoms with van der Waals surface area (Å²) in [5, 5.41) is 6.37. The standard InChI is InChI=1S/C18H28N2O/c1-2-19-14-16-11-5-6-12-17(16)20-18(21)13-7-10-15-8-3-4-9-15/h5-6,11-12,15,19H,2-4,7-10,13-14H2,1H3,(H,20,21). The first kappa shape index (κ1) is 16.0. The van der Waals surface area contributed by atoms with Crippen LogP contribution in [0.2, 0.25) is 0 Å². The molecule has 1 aliphatic rings. The number of nitrogens with one attached hydrogen (secondary N) is 2. The molecule has 0 bridgehead atoms. The highest BCUT2D eigenvalue weighted by Crippen LogP contribution is 2.29. The van der Waals surface area contributed by atoms with Crippen LogP contribution in [-0.4, -0.2) is 12.5 Å². The first-order valence-corrected chi connectivity index (χ1v) is 8.38. The summed E-state index contributed by atoms with van der Waals surface area (Å²) in [6.45, 7) is 3.82. The van der Waals surface area contributed by atoms with Gasteiger partial charge in [-0.05, 0) is 36.9 Å². The average Bonchev–Trinajstić information content (AvgIpc) is 2.99. The van der Waals surface area contributed by atoms with Gasteiger partial charge in [-0.15, -0.1) is 0 Å². The molecule has 0 aliphatic heterocycles. The van der Waals surface area contributed by atoms with Gasteiger partial charge in [0.2, 0.25) is 5.91 Å². The molecule has 3 heteroatoms. The van der Waals surface area contributed by atoms with Gasteiger partial charge in [0, 0.05) is 18.7 Å². The number of hydrogen-bond acceptors (Lipinski definition) is 2. The Bertz CT molecular complexity index is 439. The van der Waals surface area contributed by atoms with E-state index >= 15 is 0 Å². The van der Waals surface area contributed by atoms with Crippen molar-refractivity contribution in [2.24, 2.45) is 5.92 Å². The number of para-hydroxylation sites is 1. The molecule has 1 amide bonds. The second kappa shape index (κ2) is 8.83. The smallest absolute Gasteiger partial charge is 0.224 e. The number of anilines is 1. The van der Waals surface area contributed by atoms with Gasteiger partial charge < -0.3 is 10.6 Å². The van der Waals surface area contributed by atoms with Gasteiger partial charge in [-0.3, -0.25) is 4.79 Å². The molecule has 3 nitrogen and oxygen atoms in total. The van der Waals surface area contributed by atoms with E-state index in [1.54, 1.807) is 0 Å². The molecule has 1 fully saturated rings. The van der Waals surface area contributed by atoms with Gasteiger partial charge in [0.1, 0.15) is 0 Å². The van der Waals surface area contributed by atoms with Crippen molar-refractivity contribution in [3.63, 3.8) is 0 Å². The largest absolute Gasteiger partial charge is 0.326 e. The van der Waals surface area contributed by atoms with Gasteiger partial charge >= 0.3 is 0 Å². The summed E-state index contributed by atoms with van der Waals surface area (Å²) in [6, 6.07) is 8.05. The van der Waals surface area contributed by atoms with E-state index < -0.39 is 0 Å². The van der Waals surface area contributed by atoms with Crippen LogP contribution < -0.4 is 10.6 Å². The first-order valence-electron chi connectivity index (χ1n) is 8.38. The third kappa shape index (κ3) is 5.50. The number of benzene rings is 1. The Morgan fingerprint density at radius 2 is 2.00 bits per heavy atom. The Hall–Kier alpha value is -1.35. The second-order valence-electron chi connectivity index (χ2n) is 6.03. The monoisotopic (exact) mass is 288 g/mol. The fraction of sp³-hybridized carbons (Fsp3) is 0.611. The highest BCUT2D eigenvalue weighted by molar-refractivity contribution is 5.91. The number of amides is 1. The van der Waals surface area contributed by atoms with E-state index in [-0.39, 0.29) is 5.91 Å². The molecule has 0 heterocycles. The maximum atomic E-state index is 12.1. The molecule has 2 rings (SSSR count). The predicted molar refractivity (Wildman–Crippen MR) is 88.3 cm³/mol. The van der Waals surface area contributed by atoms with Crippen molar-refractivity contribution in [3.05, 3.63) is 29.8 Å². The summed E-state index contributed by atoms with van der Waals surface area (Å²) in [6.07, 6.45) is 8.38. The lowest BCUT2D eigenvalue weighted by atomic mass is 10.0. The number of rotatable bonds is 8. The third-order valence-electron chi connectivity index (χ3n) is 4.35. The zero-order chi connectivity index (χ0) is 14.9. The van der Waals surface area contributed by atoms with Crippen molar-refractivity contribution in [1.82, 2.24) is 5.32 Å². The molecule has 0 atom stereocenters. The molecule has 1 aromatic carbocycles. The van der Waals surface area contributed by atoms with Crippen LogP contribution in [0.15, 0.2) is 24.3 Å². The minimum absolute atomic E-state index is 0.150. The van der Waals surface area contributed by atoms with Gasteiger partial charge in [0.15, 0.2) is 0 Å². The first-order chi connectivity index (χ1) is 10.3. The summed E-state index contributed by atoms with van der Waals surface area (Å²) in [7, 11) is 0. The zero-order valence-corrected chi connectivity index (χ0v) is 13.2. The lowest BCUT2D eigenvalue weighted by Gasteiger charge is -2.12. The molecule has 116 valence electrons. The minimum atomic E-state index is 0.150. The van der Waals surface area contributed by atoms with Crippen molar-refractivity contribution in [2.45, 2.75) is 58.4 Å². The summed E-state index contributed by atoms with van der Waals surface area (Å²) >= 11 is 0. The molecule has 1 aromatic rings. The van der Waals surface area contributed by atoms with Crippen molar-refractivity contribution in [2.75, 3.05) is 11.9 Å². The molecule has 21 heavy (non-hydrogen) atoms. The molecule has 1 aliphatic carbocycles. The van der Waals surface area contributed by atoms with Crippen LogP contribution >= 0.6 is 0 Å². The van der Waals surface area contributed by atoms with Gasteiger partial charge in [-0.2, -0.15) is 0 Å². The Balaban J connectivity index is 1.76. The van der Waals surface area contributed by atoms with E-state index in [2.05, 4.69) is 23.6 Å². The second-order valence-corrected chi connectivity index (χ2v) is 6.03. The molecule has 0 saturated heterocycles.